The van der Waals surface area contributed by atoms with E-state index in [9.17, 15) is 13.2 Å². The molecule has 0 saturated heterocycles. The molecule has 0 aliphatic heterocycles. The van der Waals surface area contributed by atoms with Crippen LogP contribution in [0.5, 0.6) is 5.75 Å². The van der Waals surface area contributed by atoms with Crippen molar-refractivity contribution in [3.63, 3.8) is 0 Å². The van der Waals surface area contributed by atoms with Crippen molar-refractivity contribution in [1.82, 2.24) is 5.43 Å². The molecule has 0 aromatic heterocycles. The van der Waals surface area contributed by atoms with Crippen molar-refractivity contribution < 1.29 is 17.9 Å². The summed E-state index contributed by atoms with van der Waals surface area (Å²) < 4.78 is 45.1. The number of halogens is 3. The molecule has 1 aliphatic rings. The Kier molecular flexibility index (Phi) is 4.55. The third kappa shape index (κ3) is 3.24. The van der Waals surface area contributed by atoms with Gasteiger partial charge in [0.2, 0.25) is 5.92 Å². The highest BCUT2D eigenvalue weighted by Gasteiger charge is 2.38. The molecule has 0 heterocycles. The molecule has 112 valence electrons. The maximum atomic E-state index is 13.4. The third-order valence-corrected chi connectivity index (χ3v) is 3.94. The fourth-order valence-corrected chi connectivity index (χ4v) is 2.82. The van der Waals surface area contributed by atoms with Crippen LogP contribution in [0, 0.1) is 11.7 Å². The maximum Gasteiger partial charge on any atom is 0.248 e. The number of nitrogens with two attached hydrogens (primary N) is 1. The SMILES string of the molecule is COc1ccc(F)cc1C(NN)C1CCC(F)(F)CC1. The van der Waals surface area contributed by atoms with Crippen LogP contribution >= 0.6 is 0 Å². The molecule has 0 amide bonds. The van der Waals surface area contributed by atoms with Gasteiger partial charge in [-0.25, -0.2) is 13.2 Å². The maximum absolute atomic E-state index is 13.4. The Balaban J connectivity index is 2.22. The molecule has 0 spiro atoms. The highest BCUT2D eigenvalue weighted by Crippen LogP contribution is 2.42. The normalized spacial score (nSPS) is 20.6. The van der Waals surface area contributed by atoms with Gasteiger partial charge in [0, 0.05) is 18.4 Å². The molecule has 6 heteroatoms. The fraction of sp³-hybridized carbons (Fsp3) is 0.571. The number of benzene rings is 1. The van der Waals surface area contributed by atoms with E-state index in [-0.39, 0.29) is 18.8 Å². The molecule has 1 fully saturated rings. The first-order valence-electron chi connectivity index (χ1n) is 6.64. The van der Waals surface area contributed by atoms with Crippen molar-refractivity contribution >= 4 is 0 Å². The molecule has 3 nitrogen and oxygen atoms in total. The van der Waals surface area contributed by atoms with Crippen molar-refractivity contribution in [1.29, 1.82) is 0 Å². The summed E-state index contributed by atoms with van der Waals surface area (Å²) in [5, 5.41) is 0. The first-order chi connectivity index (χ1) is 9.46. The van der Waals surface area contributed by atoms with Crippen LogP contribution in [-0.4, -0.2) is 13.0 Å². The second kappa shape index (κ2) is 6.01. The molecule has 3 N–H and O–H groups in total. The molecule has 20 heavy (non-hydrogen) atoms. The molecule has 2 rings (SSSR count). The summed E-state index contributed by atoms with van der Waals surface area (Å²) in [5.41, 5.74) is 3.20. The van der Waals surface area contributed by atoms with Gasteiger partial charge in [0.15, 0.2) is 0 Å². The van der Waals surface area contributed by atoms with Gasteiger partial charge in [0.1, 0.15) is 11.6 Å². The van der Waals surface area contributed by atoms with Crippen LogP contribution < -0.4 is 16.0 Å². The van der Waals surface area contributed by atoms with Gasteiger partial charge in [-0.15, -0.1) is 0 Å². The van der Waals surface area contributed by atoms with Crippen LogP contribution in [0.1, 0.15) is 37.3 Å². The standard InChI is InChI=1S/C14H19F3N2O/c1-20-12-3-2-10(15)8-11(12)13(19-18)9-4-6-14(16,17)7-5-9/h2-3,8-9,13,19H,4-7,18H2,1H3. The predicted octanol–water partition coefficient (Wildman–Crippen LogP) is 3.16. The second-order valence-corrected chi connectivity index (χ2v) is 5.22. The Morgan fingerprint density at radius 3 is 2.55 bits per heavy atom. The number of methoxy groups -OCH3 is 1. The van der Waals surface area contributed by atoms with E-state index < -0.39 is 17.8 Å². The minimum atomic E-state index is -2.60. The zero-order valence-electron chi connectivity index (χ0n) is 11.3. The molecule has 1 atom stereocenters. The van der Waals surface area contributed by atoms with Crippen LogP contribution in [0.3, 0.4) is 0 Å². The van der Waals surface area contributed by atoms with Crippen LogP contribution in [0.2, 0.25) is 0 Å². The number of hydrogen-bond acceptors (Lipinski definition) is 3. The second-order valence-electron chi connectivity index (χ2n) is 5.22. The average Bonchev–Trinajstić information content (AvgIpc) is 2.41. The lowest BCUT2D eigenvalue weighted by Gasteiger charge is -2.34. The van der Waals surface area contributed by atoms with Gasteiger partial charge in [-0.3, -0.25) is 11.3 Å². The number of hydrazine groups is 1. The van der Waals surface area contributed by atoms with Crippen LogP contribution in [0.15, 0.2) is 18.2 Å². The fourth-order valence-electron chi connectivity index (χ4n) is 2.82. The lowest BCUT2D eigenvalue weighted by Crippen LogP contribution is -2.37. The van der Waals surface area contributed by atoms with E-state index in [2.05, 4.69) is 5.43 Å². The molecule has 0 bridgehead atoms. The topological polar surface area (TPSA) is 47.3 Å². The Bertz CT molecular complexity index is 458. The van der Waals surface area contributed by atoms with Gasteiger partial charge in [0.25, 0.3) is 0 Å². The zero-order chi connectivity index (χ0) is 14.8. The van der Waals surface area contributed by atoms with Crippen LogP contribution in [0.4, 0.5) is 13.2 Å². The number of nitrogens with one attached hydrogen (secondary N) is 1. The molecular formula is C14H19F3N2O. The van der Waals surface area contributed by atoms with E-state index >= 15 is 0 Å². The minimum absolute atomic E-state index is 0.0599. The summed E-state index contributed by atoms with van der Waals surface area (Å²) in [6.45, 7) is 0. The van der Waals surface area contributed by atoms with Gasteiger partial charge >= 0.3 is 0 Å². The first-order valence-corrected chi connectivity index (χ1v) is 6.64. The number of rotatable bonds is 4. The van der Waals surface area contributed by atoms with E-state index in [0.717, 1.165) is 0 Å². The quantitative estimate of drug-likeness (QED) is 0.661. The predicted molar refractivity (Wildman–Crippen MR) is 69.9 cm³/mol. The van der Waals surface area contributed by atoms with Gasteiger partial charge in [-0.1, -0.05) is 0 Å². The number of hydrogen-bond donors (Lipinski definition) is 2. The molecule has 1 aromatic carbocycles. The van der Waals surface area contributed by atoms with Gasteiger partial charge in [-0.05, 0) is 37.0 Å². The summed E-state index contributed by atoms with van der Waals surface area (Å²) in [6.07, 6.45) is 0.379. The van der Waals surface area contributed by atoms with Crippen molar-refractivity contribution in [2.45, 2.75) is 37.6 Å². The zero-order valence-corrected chi connectivity index (χ0v) is 11.3. The van der Waals surface area contributed by atoms with Gasteiger partial charge < -0.3 is 4.74 Å². The smallest absolute Gasteiger partial charge is 0.248 e. The molecular weight excluding hydrogens is 269 g/mol. The van der Waals surface area contributed by atoms with Crippen LogP contribution in [-0.2, 0) is 0 Å². The van der Waals surface area contributed by atoms with E-state index in [1.54, 1.807) is 0 Å². The average molecular weight is 288 g/mol. The molecule has 1 aliphatic carbocycles. The molecule has 1 saturated carbocycles. The number of ether oxygens (including phenoxy) is 1. The molecule has 1 aromatic rings. The minimum Gasteiger partial charge on any atom is -0.496 e. The van der Waals surface area contributed by atoms with Crippen molar-refractivity contribution in [2.75, 3.05) is 7.11 Å². The lowest BCUT2D eigenvalue weighted by molar-refractivity contribution is -0.0498. The van der Waals surface area contributed by atoms with E-state index in [1.807, 2.05) is 0 Å². The van der Waals surface area contributed by atoms with E-state index in [4.69, 9.17) is 10.6 Å². The Morgan fingerprint density at radius 2 is 2.00 bits per heavy atom. The lowest BCUT2D eigenvalue weighted by atomic mass is 9.79. The Hall–Kier alpha value is -1.27. The monoisotopic (exact) mass is 288 g/mol. The summed E-state index contributed by atoms with van der Waals surface area (Å²) in [4.78, 5) is 0. The van der Waals surface area contributed by atoms with E-state index in [1.165, 1.54) is 25.3 Å². The Morgan fingerprint density at radius 1 is 1.35 bits per heavy atom. The number of alkyl halides is 2. The van der Waals surface area contributed by atoms with Crippen LogP contribution in [0.25, 0.3) is 0 Å². The van der Waals surface area contributed by atoms with Crippen molar-refractivity contribution in [3.05, 3.63) is 29.6 Å². The molecule has 0 radical (unpaired) electrons. The van der Waals surface area contributed by atoms with Gasteiger partial charge in [-0.2, -0.15) is 0 Å². The van der Waals surface area contributed by atoms with Crippen molar-refractivity contribution in [3.8, 4) is 5.75 Å². The third-order valence-electron chi connectivity index (χ3n) is 3.94. The van der Waals surface area contributed by atoms with Gasteiger partial charge in [0.05, 0.1) is 13.2 Å². The Labute approximate surface area is 116 Å². The van der Waals surface area contributed by atoms with Crippen molar-refractivity contribution in [2.24, 2.45) is 11.8 Å². The highest BCUT2D eigenvalue weighted by atomic mass is 19.3. The summed E-state index contributed by atoms with van der Waals surface area (Å²) >= 11 is 0. The first kappa shape index (κ1) is 15.1. The highest BCUT2D eigenvalue weighted by molar-refractivity contribution is 5.37. The summed E-state index contributed by atoms with van der Waals surface area (Å²) in [7, 11) is 1.49. The molecule has 1 unspecified atom stereocenters. The summed E-state index contributed by atoms with van der Waals surface area (Å²) in [5.74, 6) is 3.01. The van der Waals surface area contributed by atoms with E-state index in [0.29, 0.717) is 24.2 Å². The summed E-state index contributed by atoms with van der Waals surface area (Å²) in [6, 6.07) is 3.77. The largest absolute Gasteiger partial charge is 0.496 e.